The number of carbonyl (C=O) groups is 1. The number of amides is 1. The van der Waals surface area contributed by atoms with Crippen molar-refractivity contribution in [2.75, 3.05) is 25.6 Å². The highest BCUT2D eigenvalue weighted by Gasteiger charge is 2.11. The van der Waals surface area contributed by atoms with Gasteiger partial charge in [0, 0.05) is 6.07 Å². The molecule has 0 heterocycles. The molecule has 0 fully saturated rings. The van der Waals surface area contributed by atoms with Crippen molar-refractivity contribution >= 4 is 11.6 Å². The molecule has 2 aromatic carbocycles. The SMILES string of the molecule is CCOc1cc(C#N)ccc1OCC(=O)Nc1ccccc1OC. The maximum absolute atomic E-state index is 12.1. The number of methoxy groups -OCH3 is 1. The van der Waals surface area contributed by atoms with Gasteiger partial charge < -0.3 is 19.5 Å². The lowest BCUT2D eigenvalue weighted by Crippen LogP contribution is -2.20. The lowest BCUT2D eigenvalue weighted by molar-refractivity contribution is -0.118. The highest BCUT2D eigenvalue weighted by atomic mass is 16.5. The van der Waals surface area contributed by atoms with Gasteiger partial charge in [0.1, 0.15) is 5.75 Å². The van der Waals surface area contributed by atoms with Gasteiger partial charge in [-0.1, -0.05) is 12.1 Å². The van der Waals surface area contributed by atoms with Crippen LogP contribution in [0.2, 0.25) is 0 Å². The molecule has 0 unspecified atom stereocenters. The molecule has 1 N–H and O–H groups in total. The summed E-state index contributed by atoms with van der Waals surface area (Å²) in [5, 5.41) is 11.7. The van der Waals surface area contributed by atoms with Crippen molar-refractivity contribution in [3.8, 4) is 23.3 Å². The maximum Gasteiger partial charge on any atom is 0.262 e. The second kappa shape index (κ2) is 8.44. The number of anilines is 1. The summed E-state index contributed by atoms with van der Waals surface area (Å²) in [5.74, 6) is 1.08. The molecular weight excluding hydrogens is 308 g/mol. The van der Waals surface area contributed by atoms with Crippen LogP contribution in [-0.4, -0.2) is 26.2 Å². The Balaban J connectivity index is 2.02. The van der Waals surface area contributed by atoms with Gasteiger partial charge in [0.15, 0.2) is 18.1 Å². The van der Waals surface area contributed by atoms with Crippen molar-refractivity contribution in [2.45, 2.75) is 6.92 Å². The number of hydrogen-bond donors (Lipinski definition) is 1. The number of rotatable bonds is 7. The second-order valence-corrected chi connectivity index (χ2v) is 4.74. The van der Waals surface area contributed by atoms with E-state index in [1.807, 2.05) is 19.1 Å². The highest BCUT2D eigenvalue weighted by Crippen LogP contribution is 2.28. The Hall–Kier alpha value is -3.20. The molecule has 0 aromatic heterocycles. The monoisotopic (exact) mass is 326 g/mol. The minimum Gasteiger partial charge on any atom is -0.495 e. The van der Waals surface area contributed by atoms with Crippen LogP contribution in [0.3, 0.4) is 0 Å². The number of hydrogen-bond acceptors (Lipinski definition) is 5. The molecule has 124 valence electrons. The summed E-state index contributed by atoms with van der Waals surface area (Å²) < 4.78 is 16.1. The van der Waals surface area contributed by atoms with Gasteiger partial charge in [-0.2, -0.15) is 5.26 Å². The Morgan fingerprint density at radius 3 is 2.62 bits per heavy atom. The third-order valence-electron chi connectivity index (χ3n) is 3.11. The predicted molar refractivity (Wildman–Crippen MR) is 89.4 cm³/mol. The first-order valence-corrected chi connectivity index (χ1v) is 7.40. The Kier molecular flexibility index (Phi) is 6.03. The molecule has 6 heteroatoms. The molecule has 6 nitrogen and oxygen atoms in total. The quantitative estimate of drug-likeness (QED) is 0.846. The number of nitriles is 1. The van der Waals surface area contributed by atoms with Crippen molar-refractivity contribution in [3.05, 3.63) is 48.0 Å². The van der Waals surface area contributed by atoms with Gasteiger partial charge in [-0.25, -0.2) is 0 Å². The molecule has 0 atom stereocenters. The van der Waals surface area contributed by atoms with E-state index in [0.717, 1.165) is 0 Å². The normalized spacial score (nSPS) is 9.71. The first-order valence-electron chi connectivity index (χ1n) is 7.40. The summed E-state index contributed by atoms with van der Waals surface area (Å²) in [7, 11) is 1.53. The van der Waals surface area contributed by atoms with Crippen molar-refractivity contribution < 1.29 is 19.0 Å². The third kappa shape index (κ3) is 4.40. The van der Waals surface area contributed by atoms with Crippen molar-refractivity contribution in [3.63, 3.8) is 0 Å². The van der Waals surface area contributed by atoms with Gasteiger partial charge in [-0.15, -0.1) is 0 Å². The van der Waals surface area contributed by atoms with Crippen LogP contribution < -0.4 is 19.5 Å². The fraction of sp³-hybridized carbons (Fsp3) is 0.222. The topological polar surface area (TPSA) is 80.6 Å². The molecule has 0 spiro atoms. The van der Waals surface area contributed by atoms with Crippen LogP contribution in [0, 0.1) is 11.3 Å². The molecule has 0 saturated heterocycles. The van der Waals surface area contributed by atoms with Gasteiger partial charge in [-0.3, -0.25) is 4.79 Å². The number of ether oxygens (including phenoxy) is 3. The molecule has 0 aliphatic rings. The summed E-state index contributed by atoms with van der Waals surface area (Å²) >= 11 is 0. The van der Waals surface area contributed by atoms with Crippen molar-refractivity contribution in [1.82, 2.24) is 0 Å². The molecule has 0 radical (unpaired) electrons. The molecule has 24 heavy (non-hydrogen) atoms. The largest absolute Gasteiger partial charge is 0.495 e. The van der Waals surface area contributed by atoms with Crippen LogP contribution in [0.5, 0.6) is 17.2 Å². The molecule has 0 aliphatic carbocycles. The zero-order valence-corrected chi connectivity index (χ0v) is 13.5. The molecule has 0 saturated carbocycles. The van der Waals surface area contributed by atoms with Crippen LogP contribution in [-0.2, 0) is 4.79 Å². The van der Waals surface area contributed by atoms with Gasteiger partial charge in [-0.05, 0) is 31.2 Å². The molecular formula is C18H18N2O4. The Morgan fingerprint density at radius 2 is 1.92 bits per heavy atom. The first kappa shape index (κ1) is 17.2. The summed E-state index contributed by atoms with van der Waals surface area (Å²) in [6.07, 6.45) is 0. The van der Waals surface area contributed by atoms with Crippen LogP contribution in [0.25, 0.3) is 0 Å². The van der Waals surface area contributed by atoms with Crippen LogP contribution in [0.1, 0.15) is 12.5 Å². The summed E-state index contributed by atoms with van der Waals surface area (Å²) in [5.41, 5.74) is 1.03. The fourth-order valence-electron chi connectivity index (χ4n) is 2.04. The number of nitrogens with zero attached hydrogens (tertiary/aromatic N) is 1. The summed E-state index contributed by atoms with van der Waals surface area (Å²) in [6.45, 7) is 2.07. The average molecular weight is 326 g/mol. The predicted octanol–water partition coefficient (Wildman–Crippen LogP) is 2.98. The fourth-order valence-corrected chi connectivity index (χ4v) is 2.04. The smallest absolute Gasteiger partial charge is 0.262 e. The van der Waals surface area contributed by atoms with E-state index in [9.17, 15) is 4.79 Å². The van der Waals surface area contributed by atoms with E-state index in [0.29, 0.717) is 35.1 Å². The van der Waals surface area contributed by atoms with Crippen molar-refractivity contribution in [2.24, 2.45) is 0 Å². The molecule has 0 bridgehead atoms. The van der Waals surface area contributed by atoms with Gasteiger partial charge in [0.25, 0.3) is 5.91 Å². The Bertz CT molecular complexity index is 753. The first-order chi connectivity index (χ1) is 11.7. The van der Waals surface area contributed by atoms with E-state index in [1.54, 1.807) is 36.4 Å². The number of benzene rings is 2. The number of para-hydroxylation sites is 2. The van der Waals surface area contributed by atoms with Crippen LogP contribution in [0.4, 0.5) is 5.69 Å². The van der Waals surface area contributed by atoms with Gasteiger partial charge >= 0.3 is 0 Å². The summed E-state index contributed by atoms with van der Waals surface area (Å²) in [4.78, 5) is 12.1. The van der Waals surface area contributed by atoms with E-state index >= 15 is 0 Å². The van der Waals surface area contributed by atoms with E-state index in [2.05, 4.69) is 5.32 Å². The van der Waals surface area contributed by atoms with Gasteiger partial charge in [0.05, 0.1) is 31.0 Å². The van der Waals surface area contributed by atoms with E-state index in [4.69, 9.17) is 19.5 Å². The Morgan fingerprint density at radius 1 is 1.12 bits per heavy atom. The van der Waals surface area contributed by atoms with E-state index in [-0.39, 0.29) is 12.5 Å². The number of carbonyl (C=O) groups excluding carboxylic acids is 1. The molecule has 1 amide bonds. The standard InChI is InChI=1S/C18H18N2O4/c1-3-23-17-10-13(11-19)8-9-16(17)24-12-18(21)20-14-6-4-5-7-15(14)22-2/h4-10H,3,12H2,1-2H3,(H,20,21). The average Bonchev–Trinajstić information content (AvgIpc) is 2.61. The number of nitrogens with one attached hydrogen (secondary N) is 1. The minimum absolute atomic E-state index is 0.190. The Labute approximate surface area is 140 Å². The molecule has 2 rings (SSSR count). The lowest BCUT2D eigenvalue weighted by atomic mass is 10.2. The van der Waals surface area contributed by atoms with Crippen LogP contribution in [0.15, 0.2) is 42.5 Å². The maximum atomic E-state index is 12.1. The lowest BCUT2D eigenvalue weighted by Gasteiger charge is -2.13. The zero-order chi connectivity index (χ0) is 17.4. The van der Waals surface area contributed by atoms with Crippen molar-refractivity contribution in [1.29, 1.82) is 5.26 Å². The van der Waals surface area contributed by atoms with E-state index in [1.165, 1.54) is 7.11 Å². The highest BCUT2D eigenvalue weighted by molar-refractivity contribution is 5.93. The van der Waals surface area contributed by atoms with Crippen LogP contribution >= 0.6 is 0 Å². The zero-order valence-electron chi connectivity index (χ0n) is 13.5. The minimum atomic E-state index is -0.327. The van der Waals surface area contributed by atoms with Gasteiger partial charge in [0.2, 0.25) is 0 Å². The second-order valence-electron chi connectivity index (χ2n) is 4.74. The third-order valence-corrected chi connectivity index (χ3v) is 3.11. The van der Waals surface area contributed by atoms with E-state index < -0.39 is 0 Å². The summed E-state index contributed by atoms with van der Waals surface area (Å²) in [6, 6.07) is 13.9. The molecule has 0 aliphatic heterocycles. The molecule has 2 aromatic rings.